The Morgan fingerprint density at radius 1 is 1.29 bits per heavy atom. The number of nitrogens with zero attached hydrogens (tertiary/aromatic N) is 2. The van der Waals surface area contributed by atoms with Crippen LogP contribution in [0.3, 0.4) is 0 Å². The third kappa shape index (κ3) is 2.97. The number of aryl methyl sites for hydroxylation is 1. The molecule has 0 N–H and O–H groups in total. The van der Waals surface area contributed by atoms with Gasteiger partial charge >= 0.3 is 0 Å². The number of amides is 1. The van der Waals surface area contributed by atoms with Crippen molar-refractivity contribution in [2.75, 3.05) is 7.11 Å². The first-order valence-electron chi connectivity index (χ1n) is 7.39. The maximum atomic E-state index is 12.5. The van der Waals surface area contributed by atoms with Crippen LogP contribution < -0.4 is 9.54 Å². The molecule has 3 rings (SSSR count). The van der Waals surface area contributed by atoms with Gasteiger partial charge in [-0.1, -0.05) is 29.4 Å². The number of hydrogen-bond acceptors (Lipinski definition) is 3. The molecule has 0 unspecified atom stereocenters. The van der Waals surface area contributed by atoms with Gasteiger partial charge in [0.05, 0.1) is 23.9 Å². The van der Waals surface area contributed by atoms with E-state index >= 15 is 0 Å². The summed E-state index contributed by atoms with van der Waals surface area (Å²) in [6.45, 7) is 2.40. The van der Waals surface area contributed by atoms with Gasteiger partial charge in [-0.2, -0.15) is 4.99 Å². The Bertz CT molecular complexity index is 1000. The number of carbonyl (C=O) groups excluding carboxylic acids is 1. The number of terminal acetylenes is 1. The van der Waals surface area contributed by atoms with E-state index in [1.807, 2.05) is 29.7 Å². The third-order valence-electron chi connectivity index (χ3n) is 3.69. The third-order valence-corrected chi connectivity index (χ3v) is 4.73. The van der Waals surface area contributed by atoms with Crippen LogP contribution in [0, 0.1) is 19.3 Å². The first kappa shape index (κ1) is 16.0. The summed E-state index contributed by atoms with van der Waals surface area (Å²) in [4.78, 5) is 17.4. The number of rotatable bonds is 3. The number of fused-ring (bicyclic) bond motifs is 1. The molecule has 0 saturated heterocycles. The highest BCUT2D eigenvalue weighted by atomic mass is 32.1. The Balaban J connectivity index is 2.12. The molecule has 0 bridgehead atoms. The molecule has 4 nitrogen and oxygen atoms in total. The van der Waals surface area contributed by atoms with Crippen LogP contribution in [0.15, 0.2) is 47.5 Å². The number of carbonyl (C=O) groups is 1. The first-order valence-corrected chi connectivity index (χ1v) is 8.21. The molecule has 1 aromatic heterocycles. The molecule has 3 aromatic rings. The van der Waals surface area contributed by atoms with Crippen molar-refractivity contribution in [3.05, 3.63) is 58.4 Å². The molecule has 0 atom stereocenters. The molecule has 2 aromatic carbocycles. The van der Waals surface area contributed by atoms with Crippen LogP contribution in [0.25, 0.3) is 10.2 Å². The van der Waals surface area contributed by atoms with E-state index in [-0.39, 0.29) is 5.91 Å². The number of para-hydroxylation sites is 1. The molecule has 5 heteroatoms. The van der Waals surface area contributed by atoms with Gasteiger partial charge in [-0.3, -0.25) is 4.79 Å². The molecule has 1 heterocycles. The standard InChI is InChI=1S/C19H16N2O2S/c1-4-12-21-17-13(2)6-5-7-16(17)24-19(21)20-18(22)14-8-10-15(23-3)11-9-14/h1,5-11H,12H2,2-3H3. The molecule has 0 saturated carbocycles. The average molecular weight is 336 g/mol. The molecule has 0 aliphatic carbocycles. The fourth-order valence-electron chi connectivity index (χ4n) is 2.52. The molecular weight excluding hydrogens is 320 g/mol. The van der Waals surface area contributed by atoms with E-state index < -0.39 is 0 Å². The summed E-state index contributed by atoms with van der Waals surface area (Å²) < 4.78 is 8.08. The lowest BCUT2D eigenvalue weighted by molar-refractivity contribution is 0.0998. The topological polar surface area (TPSA) is 43.6 Å². The van der Waals surface area contributed by atoms with Crippen LogP contribution in [-0.4, -0.2) is 17.6 Å². The number of benzene rings is 2. The summed E-state index contributed by atoms with van der Waals surface area (Å²) >= 11 is 1.46. The monoisotopic (exact) mass is 336 g/mol. The Kier molecular flexibility index (Phi) is 4.50. The van der Waals surface area contributed by atoms with E-state index in [0.717, 1.165) is 15.8 Å². The Labute approximate surface area is 144 Å². The summed E-state index contributed by atoms with van der Waals surface area (Å²) in [6.07, 6.45) is 5.50. The minimum Gasteiger partial charge on any atom is -0.497 e. The van der Waals surface area contributed by atoms with Crippen molar-refractivity contribution in [3.63, 3.8) is 0 Å². The molecular formula is C19H16N2O2S. The predicted molar refractivity (Wildman–Crippen MR) is 96.3 cm³/mol. The summed E-state index contributed by atoms with van der Waals surface area (Å²) in [5, 5.41) is 0. The van der Waals surface area contributed by atoms with E-state index in [0.29, 0.717) is 22.7 Å². The lowest BCUT2D eigenvalue weighted by Crippen LogP contribution is -2.16. The maximum absolute atomic E-state index is 12.5. The highest BCUT2D eigenvalue weighted by Gasteiger charge is 2.10. The van der Waals surface area contributed by atoms with E-state index in [4.69, 9.17) is 11.2 Å². The molecule has 120 valence electrons. The quantitative estimate of drug-likeness (QED) is 0.688. The lowest BCUT2D eigenvalue weighted by Gasteiger charge is -2.03. The number of ether oxygens (including phenoxy) is 1. The van der Waals surface area contributed by atoms with Crippen molar-refractivity contribution in [1.29, 1.82) is 0 Å². The Morgan fingerprint density at radius 2 is 2.04 bits per heavy atom. The largest absolute Gasteiger partial charge is 0.497 e. The van der Waals surface area contributed by atoms with Gasteiger partial charge in [-0.05, 0) is 42.8 Å². The van der Waals surface area contributed by atoms with Gasteiger partial charge < -0.3 is 9.30 Å². The lowest BCUT2D eigenvalue weighted by atomic mass is 10.2. The van der Waals surface area contributed by atoms with Crippen molar-refractivity contribution in [2.24, 2.45) is 4.99 Å². The first-order chi connectivity index (χ1) is 11.6. The van der Waals surface area contributed by atoms with Crippen molar-refractivity contribution < 1.29 is 9.53 Å². The van der Waals surface area contributed by atoms with Gasteiger partial charge in [0.25, 0.3) is 5.91 Å². The molecule has 0 spiro atoms. The second kappa shape index (κ2) is 6.73. The smallest absolute Gasteiger partial charge is 0.279 e. The Hall–Kier alpha value is -2.84. The summed E-state index contributed by atoms with van der Waals surface area (Å²) in [6, 6.07) is 12.9. The number of hydrogen-bond donors (Lipinski definition) is 0. The number of methoxy groups -OCH3 is 1. The van der Waals surface area contributed by atoms with Crippen LogP contribution in [0.1, 0.15) is 15.9 Å². The van der Waals surface area contributed by atoms with Crippen molar-refractivity contribution in [3.8, 4) is 18.1 Å². The normalized spacial score (nSPS) is 11.5. The minimum atomic E-state index is -0.298. The van der Waals surface area contributed by atoms with Gasteiger partial charge in [-0.15, -0.1) is 6.42 Å². The van der Waals surface area contributed by atoms with E-state index in [1.54, 1.807) is 31.4 Å². The number of thiazole rings is 1. The maximum Gasteiger partial charge on any atom is 0.279 e. The van der Waals surface area contributed by atoms with Crippen LogP contribution in [0.2, 0.25) is 0 Å². The molecule has 0 fully saturated rings. The molecule has 0 aliphatic heterocycles. The minimum absolute atomic E-state index is 0.298. The summed E-state index contributed by atoms with van der Waals surface area (Å²) in [5.74, 6) is 3.04. The average Bonchev–Trinajstić information content (AvgIpc) is 2.94. The van der Waals surface area contributed by atoms with Crippen molar-refractivity contribution in [2.45, 2.75) is 13.5 Å². The van der Waals surface area contributed by atoms with Crippen LogP contribution >= 0.6 is 11.3 Å². The van der Waals surface area contributed by atoms with E-state index in [2.05, 4.69) is 10.9 Å². The fraction of sp³-hybridized carbons (Fsp3) is 0.158. The molecule has 1 amide bonds. The summed E-state index contributed by atoms with van der Waals surface area (Å²) in [7, 11) is 1.59. The zero-order valence-corrected chi connectivity index (χ0v) is 14.3. The van der Waals surface area contributed by atoms with Crippen molar-refractivity contribution >= 4 is 27.5 Å². The van der Waals surface area contributed by atoms with Gasteiger partial charge in [0.2, 0.25) is 0 Å². The second-order valence-electron chi connectivity index (χ2n) is 5.24. The van der Waals surface area contributed by atoms with Crippen LogP contribution in [0.5, 0.6) is 5.75 Å². The number of aromatic nitrogens is 1. The van der Waals surface area contributed by atoms with Crippen molar-refractivity contribution in [1.82, 2.24) is 4.57 Å². The zero-order valence-electron chi connectivity index (χ0n) is 13.4. The SMILES string of the molecule is C#CCn1c(=NC(=O)c2ccc(OC)cc2)sc2cccc(C)c21. The van der Waals surface area contributed by atoms with Gasteiger partial charge in [-0.25, -0.2) is 0 Å². The van der Waals surface area contributed by atoms with Gasteiger partial charge in [0, 0.05) is 5.56 Å². The second-order valence-corrected chi connectivity index (χ2v) is 6.25. The van der Waals surface area contributed by atoms with Crippen LogP contribution in [-0.2, 0) is 6.54 Å². The highest BCUT2D eigenvalue weighted by molar-refractivity contribution is 7.16. The Morgan fingerprint density at radius 3 is 2.71 bits per heavy atom. The molecule has 24 heavy (non-hydrogen) atoms. The fourth-order valence-corrected chi connectivity index (χ4v) is 3.62. The van der Waals surface area contributed by atoms with E-state index in [9.17, 15) is 4.79 Å². The van der Waals surface area contributed by atoms with Crippen LogP contribution in [0.4, 0.5) is 0 Å². The predicted octanol–water partition coefficient (Wildman–Crippen LogP) is 3.39. The van der Waals surface area contributed by atoms with Gasteiger partial charge in [0.15, 0.2) is 4.80 Å². The zero-order chi connectivity index (χ0) is 17.1. The van der Waals surface area contributed by atoms with E-state index in [1.165, 1.54) is 11.3 Å². The van der Waals surface area contributed by atoms with Gasteiger partial charge in [0.1, 0.15) is 5.75 Å². The molecule has 0 aliphatic rings. The highest BCUT2D eigenvalue weighted by Crippen LogP contribution is 2.21. The summed E-state index contributed by atoms with van der Waals surface area (Å²) in [5.41, 5.74) is 2.65. The molecule has 0 radical (unpaired) electrons.